The van der Waals surface area contributed by atoms with Crippen LogP contribution in [-0.2, 0) is 6.54 Å². The van der Waals surface area contributed by atoms with Crippen molar-refractivity contribution in [3.63, 3.8) is 0 Å². The van der Waals surface area contributed by atoms with Crippen LogP contribution in [0.1, 0.15) is 37.0 Å². The van der Waals surface area contributed by atoms with Gasteiger partial charge in [-0.1, -0.05) is 6.07 Å². The quantitative estimate of drug-likeness (QED) is 0.858. The van der Waals surface area contributed by atoms with E-state index in [1.165, 1.54) is 16.7 Å². The molecule has 0 saturated carbocycles. The Labute approximate surface area is 117 Å². The lowest BCUT2D eigenvalue weighted by molar-refractivity contribution is 0.283. The average Bonchev–Trinajstić information content (AvgIpc) is 2.28. The average molecular weight is 264 g/mol. The number of rotatable bonds is 6. The third-order valence-corrected chi connectivity index (χ3v) is 3.36. The Balaban J connectivity index is 2.76. The van der Waals surface area contributed by atoms with Crippen molar-refractivity contribution in [1.82, 2.24) is 4.90 Å². The lowest BCUT2D eigenvalue weighted by atomic mass is 10.0. The Morgan fingerprint density at radius 2 is 1.89 bits per heavy atom. The summed E-state index contributed by atoms with van der Waals surface area (Å²) < 4.78 is 5.50. The van der Waals surface area contributed by atoms with E-state index in [2.05, 4.69) is 51.8 Å². The fourth-order valence-corrected chi connectivity index (χ4v) is 2.17. The van der Waals surface area contributed by atoms with Crippen LogP contribution >= 0.6 is 0 Å². The molecular formula is C16H28N2O. The van der Waals surface area contributed by atoms with Crippen LogP contribution in [0.3, 0.4) is 0 Å². The van der Waals surface area contributed by atoms with Crippen molar-refractivity contribution in [3.8, 4) is 5.75 Å². The number of hydrogen-bond acceptors (Lipinski definition) is 3. The minimum absolute atomic E-state index is 0.110. The number of aryl methyl sites for hydroxylation is 2. The predicted molar refractivity (Wildman–Crippen MR) is 81.7 cm³/mol. The molecule has 0 bridgehead atoms. The molecule has 3 nitrogen and oxygen atoms in total. The van der Waals surface area contributed by atoms with Crippen LogP contribution in [-0.4, -0.2) is 31.1 Å². The minimum atomic E-state index is -0.110. The SMILES string of the molecule is COc1cc(C)cc(C)c1CN(C)CCC(C)(C)N. The van der Waals surface area contributed by atoms with E-state index in [0.29, 0.717) is 0 Å². The maximum absolute atomic E-state index is 6.03. The molecular weight excluding hydrogens is 236 g/mol. The van der Waals surface area contributed by atoms with Crippen LogP contribution < -0.4 is 10.5 Å². The molecule has 0 aromatic heterocycles. The van der Waals surface area contributed by atoms with Crippen LogP contribution in [0.2, 0.25) is 0 Å². The first-order valence-corrected chi connectivity index (χ1v) is 6.84. The Morgan fingerprint density at radius 1 is 1.26 bits per heavy atom. The zero-order chi connectivity index (χ0) is 14.6. The van der Waals surface area contributed by atoms with Crippen LogP contribution in [0.25, 0.3) is 0 Å². The lowest BCUT2D eigenvalue weighted by Crippen LogP contribution is -2.36. The van der Waals surface area contributed by atoms with Gasteiger partial charge in [-0.15, -0.1) is 0 Å². The summed E-state index contributed by atoms with van der Waals surface area (Å²) in [6, 6.07) is 4.31. The number of nitrogens with zero attached hydrogens (tertiary/aromatic N) is 1. The summed E-state index contributed by atoms with van der Waals surface area (Å²) in [6.45, 7) is 10.3. The van der Waals surface area contributed by atoms with E-state index in [-0.39, 0.29) is 5.54 Å². The van der Waals surface area contributed by atoms with Gasteiger partial charge in [-0.2, -0.15) is 0 Å². The van der Waals surface area contributed by atoms with E-state index in [4.69, 9.17) is 10.5 Å². The molecule has 0 amide bonds. The van der Waals surface area contributed by atoms with Gasteiger partial charge in [-0.25, -0.2) is 0 Å². The summed E-state index contributed by atoms with van der Waals surface area (Å²) in [7, 11) is 3.87. The van der Waals surface area contributed by atoms with Gasteiger partial charge in [0.2, 0.25) is 0 Å². The van der Waals surface area contributed by atoms with Crippen molar-refractivity contribution < 1.29 is 4.74 Å². The number of methoxy groups -OCH3 is 1. The summed E-state index contributed by atoms with van der Waals surface area (Å²) in [5.74, 6) is 0.983. The first kappa shape index (κ1) is 16.0. The van der Waals surface area contributed by atoms with E-state index in [9.17, 15) is 0 Å². The van der Waals surface area contributed by atoms with Gasteiger partial charge in [-0.3, -0.25) is 0 Å². The Bertz CT molecular complexity index is 421. The third-order valence-electron chi connectivity index (χ3n) is 3.36. The standard InChI is InChI=1S/C16H28N2O/c1-12-9-13(2)14(15(10-12)19-6)11-18(5)8-7-16(3,4)17/h9-10H,7-8,11,17H2,1-6H3. The highest BCUT2D eigenvalue weighted by atomic mass is 16.5. The van der Waals surface area contributed by atoms with Crippen molar-refractivity contribution in [2.45, 2.75) is 46.2 Å². The maximum Gasteiger partial charge on any atom is 0.123 e. The van der Waals surface area contributed by atoms with E-state index < -0.39 is 0 Å². The normalized spacial score (nSPS) is 12.0. The number of hydrogen-bond donors (Lipinski definition) is 1. The van der Waals surface area contributed by atoms with Crippen molar-refractivity contribution in [3.05, 3.63) is 28.8 Å². The molecule has 0 radical (unpaired) electrons. The molecule has 1 rings (SSSR count). The molecule has 0 heterocycles. The maximum atomic E-state index is 6.03. The van der Waals surface area contributed by atoms with E-state index in [0.717, 1.165) is 25.3 Å². The zero-order valence-corrected chi connectivity index (χ0v) is 13.2. The fraction of sp³-hybridized carbons (Fsp3) is 0.625. The summed E-state index contributed by atoms with van der Waals surface area (Å²) in [4.78, 5) is 2.30. The molecule has 0 spiro atoms. The van der Waals surface area contributed by atoms with E-state index in [1.807, 2.05) is 0 Å². The largest absolute Gasteiger partial charge is 0.496 e. The van der Waals surface area contributed by atoms with Gasteiger partial charge >= 0.3 is 0 Å². The van der Waals surface area contributed by atoms with Crippen LogP contribution in [0.15, 0.2) is 12.1 Å². The number of ether oxygens (including phenoxy) is 1. The molecule has 3 heteroatoms. The Kier molecular flexibility index (Phi) is 5.39. The molecule has 0 unspecified atom stereocenters. The van der Waals surface area contributed by atoms with Crippen molar-refractivity contribution in [1.29, 1.82) is 0 Å². The van der Waals surface area contributed by atoms with E-state index >= 15 is 0 Å². The van der Waals surface area contributed by atoms with Gasteiger partial charge in [0, 0.05) is 17.6 Å². The first-order valence-electron chi connectivity index (χ1n) is 6.84. The molecule has 0 aliphatic carbocycles. The second kappa shape index (κ2) is 6.40. The summed E-state index contributed by atoms with van der Waals surface area (Å²) in [5, 5.41) is 0. The van der Waals surface area contributed by atoms with Crippen LogP contribution in [0.4, 0.5) is 0 Å². The number of benzene rings is 1. The topological polar surface area (TPSA) is 38.5 Å². The van der Waals surface area contributed by atoms with Gasteiger partial charge in [0.1, 0.15) is 5.75 Å². The Hall–Kier alpha value is -1.06. The molecule has 1 aromatic rings. The highest BCUT2D eigenvalue weighted by molar-refractivity contribution is 5.42. The van der Waals surface area contributed by atoms with Gasteiger partial charge in [0.25, 0.3) is 0 Å². The highest BCUT2D eigenvalue weighted by Gasteiger charge is 2.14. The predicted octanol–water partition coefficient (Wildman–Crippen LogP) is 2.87. The van der Waals surface area contributed by atoms with Gasteiger partial charge in [-0.05, 0) is 64.9 Å². The second-order valence-electron chi connectivity index (χ2n) is 6.24. The lowest BCUT2D eigenvalue weighted by Gasteiger charge is -2.25. The number of nitrogens with two attached hydrogens (primary N) is 1. The smallest absolute Gasteiger partial charge is 0.123 e. The molecule has 0 atom stereocenters. The van der Waals surface area contributed by atoms with E-state index in [1.54, 1.807) is 7.11 Å². The molecule has 19 heavy (non-hydrogen) atoms. The molecule has 2 N–H and O–H groups in total. The van der Waals surface area contributed by atoms with Gasteiger partial charge < -0.3 is 15.4 Å². The Morgan fingerprint density at radius 3 is 2.42 bits per heavy atom. The summed E-state index contributed by atoms with van der Waals surface area (Å²) in [6.07, 6.45) is 0.983. The van der Waals surface area contributed by atoms with Crippen LogP contribution in [0.5, 0.6) is 5.75 Å². The molecule has 108 valence electrons. The van der Waals surface area contributed by atoms with Gasteiger partial charge in [0.05, 0.1) is 7.11 Å². The zero-order valence-electron chi connectivity index (χ0n) is 13.2. The summed E-state index contributed by atoms with van der Waals surface area (Å²) >= 11 is 0. The molecule has 0 saturated heterocycles. The van der Waals surface area contributed by atoms with Crippen LogP contribution in [0, 0.1) is 13.8 Å². The first-order chi connectivity index (χ1) is 8.73. The summed E-state index contributed by atoms with van der Waals surface area (Å²) in [5.41, 5.74) is 9.72. The molecule has 1 aromatic carbocycles. The highest BCUT2D eigenvalue weighted by Crippen LogP contribution is 2.25. The second-order valence-corrected chi connectivity index (χ2v) is 6.24. The monoisotopic (exact) mass is 264 g/mol. The minimum Gasteiger partial charge on any atom is -0.496 e. The third kappa shape index (κ3) is 5.21. The molecule has 0 aliphatic rings. The van der Waals surface area contributed by atoms with Gasteiger partial charge in [0.15, 0.2) is 0 Å². The van der Waals surface area contributed by atoms with Crippen molar-refractivity contribution >= 4 is 0 Å². The van der Waals surface area contributed by atoms with Crippen molar-refractivity contribution in [2.75, 3.05) is 20.7 Å². The molecule has 0 aliphatic heterocycles. The molecule has 0 fully saturated rings. The van der Waals surface area contributed by atoms with Crippen molar-refractivity contribution in [2.24, 2.45) is 5.73 Å². The fourth-order valence-electron chi connectivity index (χ4n) is 2.17.